The molecule has 0 bridgehead atoms. The van der Waals surface area contributed by atoms with Crippen LogP contribution >= 0.6 is 0 Å². The first-order chi connectivity index (χ1) is 8.73. The fourth-order valence-corrected chi connectivity index (χ4v) is 1.43. The molecule has 0 aromatic carbocycles. The van der Waals surface area contributed by atoms with Crippen molar-refractivity contribution in [1.29, 1.82) is 0 Å². The van der Waals surface area contributed by atoms with Gasteiger partial charge < -0.3 is 21.5 Å². The van der Waals surface area contributed by atoms with Crippen molar-refractivity contribution in [3.63, 3.8) is 0 Å². The van der Waals surface area contributed by atoms with Crippen LogP contribution in [-0.4, -0.2) is 51.3 Å². The van der Waals surface area contributed by atoms with Gasteiger partial charge in [-0.1, -0.05) is 0 Å². The SMILES string of the molecule is CC(CNC(=O)N[C@@H](CCC(N)=O)C(=O)O)S(C)=O. The van der Waals surface area contributed by atoms with Crippen LogP contribution in [0.15, 0.2) is 0 Å². The number of amides is 3. The molecule has 0 aromatic heterocycles. The molecule has 0 heterocycles. The Kier molecular flexibility index (Phi) is 7.73. The number of nitrogens with one attached hydrogen (secondary N) is 2. The number of rotatable bonds is 8. The summed E-state index contributed by atoms with van der Waals surface area (Å²) in [6.45, 7) is 1.86. The number of hydrogen-bond donors (Lipinski definition) is 4. The smallest absolute Gasteiger partial charge is 0.326 e. The van der Waals surface area contributed by atoms with E-state index in [0.717, 1.165) is 0 Å². The fourth-order valence-electron chi connectivity index (χ4n) is 1.11. The molecule has 8 nitrogen and oxygen atoms in total. The highest BCUT2D eigenvalue weighted by Gasteiger charge is 2.20. The summed E-state index contributed by atoms with van der Waals surface area (Å²) < 4.78 is 11.1. The van der Waals surface area contributed by atoms with Gasteiger partial charge in [-0.3, -0.25) is 9.00 Å². The highest BCUT2D eigenvalue weighted by Crippen LogP contribution is 1.97. The molecule has 0 aliphatic heterocycles. The lowest BCUT2D eigenvalue weighted by Crippen LogP contribution is -2.48. The molecular formula is C10H19N3O5S. The van der Waals surface area contributed by atoms with Gasteiger partial charge in [0.1, 0.15) is 6.04 Å². The van der Waals surface area contributed by atoms with Gasteiger partial charge in [0.15, 0.2) is 0 Å². The summed E-state index contributed by atoms with van der Waals surface area (Å²) in [6.07, 6.45) is 1.30. The molecule has 0 aromatic rings. The second-order valence-corrected chi connectivity index (χ2v) is 5.86. The molecule has 0 radical (unpaired) electrons. The van der Waals surface area contributed by atoms with Crippen LogP contribution in [-0.2, 0) is 20.4 Å². The second-order valence-electron chi connectivity index (χ2n) is 4.06. The van der Waals surface area contributed by atoms with Crippen molar-refractivity contribution in [3.8, 4) is 0 Å². The van der Waals surface area contributed by atoms with Gasteiger partial charge in [0.05, 0.1) is 0 Å². The Labute approximate surface area is 113 Å². The van der Waals surface area contributed by atoms with E-state index in [9.17, 15) is 18.6 Å². The molecule has 0 saturated heterocycles. The lowest BCUT2D eigenvalue weighted by Gasteiger charge is -2.15. The second kappa shape index (κ2) is 8.46. The number of carboxylic acid groups (broad SMARTS) is 1. The number of nitrogens with two attached hydrogens (primary N) is 1. The van der Waals surface area contributed by atoms with Crippen LogP contribution in [0.1, 0.15) is 19.8 Å². The third-order valence-electron chi connectivity index (χ3n) is 2.40. The lowest BCUT2D eigenvalue weighted by molar-refractivity contribution is -0.139. The van der Waals surface area contributed by atoms with Gasteiger partial charge >= 0.3 is 12.0 Å². The Morgan fingerprint density at radius 2 is 1.95 bits per heavy atom. The largest absolute Gasteiger partial charge is 0.480 e. The number of carbonyl (C=O) groups excluding carboxylic acids is 2. The standard InChI is InChI=1S/C10H19N3O5S/c1-6(19(2)18)5-12-10(17)13-7(9(15)16)3-4-8(11)14/h6-7H,3-5H2,1-2H3,(H2,11,14)(H,15,16)(H2,12,13,17)/t6?,7-,19?/m0/s1. The van der Waals surface area contributed by atoms with Crippen molar-refractivity contribution < 1.29 is 23.7 Å². The average molecular weight is 293 g/mol. The van der Waals surface area contributed by atoms with Crippen molar-refractivity contribution in [2.24, 2.45) is 5.73 Å². The number of aliphatic carboxylic acids is 1. The maximum atomic E-state index is 11.4. The molecule has 0 aliphatic carbocycles. The first kappa shape index (κ1) is 17.4. The van der Waals surface area contributed by atoms with E-state index in [2.05, 4.69) is 10.6 Å². The predicted octanol–water partition coefficient (Wildman–Crippen LogP) is -1.23. The molecule has 0 spiro atoms. The molecule has 9 heteroatoms. The highest BCUT2D eigenvalue weighted by atomic mass is 32.2. The van der Waals surface area contributed by atoms with E-state index in [0.29, 0.717) is 0 Å². The molecule has 5 N–H and O–H groups in total. The maximum absolute atomic E-state index is 11.4. The summed E-state index contributed by atoms with van der Waals surface area (Å²) in [5, 5.41) is 13.2. The summed E-state index contributed by atoms with van der Waals surface area (Å²) in [5.41, 5.74) is 4.91. The van der Waals surface area contributed by atoms with Gasteiger partial charge in [0.2, 0.25) is 5.91 Å². The van der Waals surface area contributed by atoms with E-state index in [1.807, 2.05) is 0 Å². The van der Waals surface area contributed by atoms with Crippen LogP contribution in [0, 0.1) is 0 Å². The first-order valence-corrected chi connectivity index (χ1v) is 7.23. The third kappa shape index (κ3) is 8.14. The van der Waals surface area contributed by atoms with E-state index in [-0.39, 0.29) is 24.6 Å². The summed E-state index contributed by atoms with van der Waals surface area (Å²) in [5.74, 6) is -1.88. The minimum absolute atomic E-state index is 0.0760. The van der Waals surface area contributed by atoms with Gasteiger partial charge in [-0.25, -0.2) is 9.59 Å². The van der Waals surface area contributed by atoms with E-state index in [1.165, 1.54) is 6.26 Å². The Morgan fingerprint density at radius 3 is 2.37 bits per heavy atom. The van der Waals surface area contributed by atoms with Crippen molar-refractivity contribution in [1.82, 2.24) is 10.6 Å². The molecule has 0 aliphatic rings. The van der Waals surface area contributed by atoms with E-state index >= 15 is 0 Å². The van der Waals surface area contributed by atoms with Crippen LogP contribution in [0.2, 0.25) is 0 Å². The molecule has 0 rings (SSSR count). The van der Waals surface area contributed by atoms with Crippen molar-refractivity contribution in [2.75, 3.05) is 12.8 Å². The average Bonchev–Trinajstić information content (AvgIpc) is 2.30. The minimum atomic E-state index is -1.25. The monoisotopic (exact) mass is 293 g/mol. The fraction of sp³-hybridized carbons (Fsp3) is 0.700. The molecule has 3 atom stereocenters. The summed E-state index contributed by atoms with van der Waals surface area (Å²) in [4.78, 5) is 32.8. The van der Waals surface area contributed by atoms with Gasteiger partial charge in [-0.05, 0) is 13.3 Å². The zero-order valence-electron chi connectivity index (χ0n) is 10.8. The topological polar surface area (TPSA) is 139 Å². The van der Waals surface area contributed by atoms with Crippen LogP contribution < -0.4 is 16.4 Å². The summed E-state index contributed by atoms with van der Waals surface area (Å²) in [7, 11) is -1.08. The number of primary amides is 1. The third-order valence-corrected chi connectivity index (χ3v) is 3.70. The lowest BCUT2D eigenvalue weighted by atomic mass is 10.1. The van der Waals surface area contributed by atoms with Gasteiger partial charge in [0.25, 0.3) is 0 Å². The molecule has 3 amide bonds. The van der Waals surface area contributed by atoms with Gasteiger partial charge in [-0.15, -0.1) is 0 Å². The Hall–Kier alpha value is -1.64. The normalized spacial score (nSPS) is 15.1. The maximum Gasteiger partial charge on any atom is 0.326 e. The molecule has 0 fully saturated rings. The van der Waals surface area contributed by atoms with Crippen molar-refractivity contribution in [3.05, 3.63) is 0 Å². The van der Waals surface area contributed by atoms with Crippen LogP contribution in [0.5, 0.6) is 0 Å². The number of carboxylic acids is 1. The molecular weight excluding hydrogens is 274 g/mol. The van der Waals surface area contributed by atoms with Crippen LogP contribution in [0.25, 0.3) is 0 Å². The van der Waals surface area contributed by atoms with E-state index in [4.69, 9.17) is 10.8 Å². The quantitative estimate of drug-likeness (QED) is 0.444. The Morgan fingerprint density at radius 1 is 1.37 bits per heavy atom. The number of urea groups is 1. The van der Waals surface area contributed by atoms with E-state index < -0.39 is 34.7 Å². The van der Waals surface area contributed by atoms with Gasteiger partial charge in [-0.2, -0.15) is 0 Å². The van der Waals surface area contributed by atoms with Gasteiger partial charge in [0, 0.05) is 35.3 Å². The first-order valence-electron chi connectivity index (χ1n) is 5.61. The van der Waals surface area contributed by atoms with Crippen molar-refractivity contribution >= 4 is 28.7 Å². The number of hydrogen-bond acceptors (Lipinski definition) is 4. The Bertz CT molecular complexity index is 374. The van der Waals surface area contributed by atoms with Crippen molar-refractivity contribution in [2.45, 2.75) is 31.1 Å². The molecule has 0 saturated carbocycles. The zero-order valence-corrected chi connectivity index (χ0v) is 11.7. The molecule has 110 valence electrons. The molecule has 19 heavy (non-hydrogen) atoms. The predicted molar refractivity (Wildman–Crippen MR) is 69.9 cm³/mol. The van der Waals surface area contributed by atoms with E-state index in [1.54, 1.807) is 6.92 Å². The highest BCUT2D eigenvalue weighted by molar-refractivity contribution is 7.84. The van der Waals surface area contributed by atoms with Crippen LogP contribution in [0.3, 0.4) is 0 Å². The summed E-state index contributed by atoms with van der Waals surface area (Å²) in [6, 6.07) is -1.87. The number of carbonyl (C=O) groups is 3. The summed E-state index contributed by atoms with van der Waals surface area (Å²) >= 11 is 0. The Balaban J connectivity index is 4.20. The zero-order chi connectivity index (χ0) is 15.0. The minimum Gasteiger partial charge on any atom is -0.480 e. The molecule has 2 unspecified atom stereocenters. The van der Waals surface area contributed by atoms with Crippen LogP contribution in [0.4, 0.5) is 4.79 Å².